The van der Waals surface area contributed by atoms with Crippen LogP contribution in [0, 0.1) is 13.8 Å². The summed E-state index contributed by atoms with van der Waals surface area (Å²) in [6.45, 7) is 5.99. The molecular formula is C17H22N2O2. The number of amides is 1. The van der Waals surface area contributed by atoms with Crippen molar-refractivity contribution < 1.29 is 9.21 Å². The van der Waals surface area contributed by atoms with Crippen LogP contribution in [0.1, 0.15) is 40.4 Å². The Morgan fingerprint density at radius 1 is 1.19 bits per heavy atom. The summed E-state index contributed by atoms with van der Waals surface area (Å²) < 4.78 is 5.64. The van der Waals surface area contributed by atoms with Gasteiger partial charge >= 0.3 is 0 Å². The van der Waals surface area contributed by atoms with Gasteiger partial charge in [0.1, 0.15) is 11.5 Å². The lowest BCUT2D eigenvalue weighted by Gasteiger charge is -2.17. The van der Waals surface area contributed by atoms with Gasteiger partial charge in [-0.15, -0.1) is 0 Å². The van der Waals surface area contributed by atoms with Gasteiger partial charge in [-0.05, 0) is 50.6 Å². The molecule has 0 aliphatic carbocycles. The highest BCUT2D eigenvalue weighted by Crippen LogP contribution is 2.24. The van der Waals surface area contributed by atoms with Crippen molar-refractivity contribution in [2.24, 2.45) is 0 Å². The maximum absolute atomic E-state index is 12.0. The number of benzene rings is 1. The fourth-order valence-corrected chi connectivity index (χ4v) is 2.16. The van der Waals surface area contributed by atoms with Gasteiger partial charge in [0, 0.05) is 25.3 Å². The van der Waals surface area contributed by atoms with Crippen LogP contribution in [-0.2, 0) is 0 Å². The molecule has 1 aromatic carbocycles. The normalized spacial score (nSPS) is 12.0. The van der Waals surface area contributed by atoms with E-state index in [9.17, 15) is 4.79 Å². The van der Waals surface area contributed by atoms with Gasteiger partial charge in [0.2, 0.25) is 0 Å². The first kappa shape index (κ1) is 15.2. The van der Waals surface area contributed by atoms with Crippen LogP contribution >= 0.6 is 0 Å². The Hall–Kier alpha value is -2.23. The lowest BCUT2D eigenvalue weighted by molar-refractivity contribution is 0.0827. The predicted octanol–water partition coefficient (Wildman–Crippen LogP) is 3.77. The summed E-state index contributed by atoms with van der Waals surface area (Å²) in [6, 6.07) is 9.67. The Bertz CT molecular complexity index is 644. The highest BCUT2D eigenvalue weighted by atomic mass is 16.3. The second kappa shape index (κ2) is 6.04. The molecule has 0 bridgehead atoms. The van der Waals surface area contributed by atoms with Crippen LogP contribution in [-0.4, -0.2) is 24.9 Å². The van der Waals surface area contributed by atoms with Crippen molar-refractivity contribution in [3.05, 3.63) is 53.0 Å². The number of carbonyl (C=O) groups excluding carboxylic acids is 1. The zero-order valence-corrected chi connectivity index (χ0v) is 13.2. The Kier molecular flexibility index (Phi) is 4.36. The van der Waals surface area contributed by atoms with Crippen LogP contribution in [0.3, 0.4) is 0 Å². The molecule has 1 atom stereocenters. The van der Waals surface area contributed by atoms with Crippen LogP contribution in [0.2, 0.25) is 0 Å². The van der Waals surface area contributed by atoms with E-state index in [0.717, 1.165) is 22.8 Å². The minimum Gasteiger partial charge on any atom is -0.464 e. The third kappa shape index (κ3) is 3.45. The number of hydrogen-bond donors (Lipinski definition) is 1. The average Bonchev–Trinajstić information content (AvgIpc) is 2.87. The lowest BCUT2D eigenvalue weighted by Crippen LogP contribution is -2.21. The molecule has 1 amide bonds. The van der Waals surface area contributed by atoms with E-state index in [1.807, 2.05) is 51.1 Å². The quantitative estimate of drug-likeness (QED) is 0.930. The average molecular weight is 286 g/mol. The standard InChI is InChI=1S/C17H22N2O2/c1-11-6-8-14(17(20)19(4)5)10-15(11)18-13(3)16-9-7-12(2)21-16/h6-10,13,18H,1-5H3. The monoisotopic (exact) mass is 286 g/mol. The van der Waals surface area contributed by atoms with Crippen molar-refractivity contribution >= 4 is 11.6 Å². The van der Waals surface area contributed by atoms with Gasteiger partial charge in [0.05, 0.1) is 6.04 Å². The molecule has 0 spiro atoms. The molecule has 2 aromatic rings. The summed E-state index contributed by atoms with van der Waals surface area (Å²) in [6.07, 6.45) is 0. The van der Waals surface area contributed by atoms with Gasteiger partial charge in [0.15, 0.2) is 0 Å². The molecule has 0 saturated heterocycles. The summed E-state index contributed by atoms with van der Waals surface area (Å²) in [5, 5.41) is 3.41. The third-order valence-electron chi connectivity index (χ3n) is 3.45. The van der Waals surface area contributed by atoms with E-state index in [-0.39, 0.29) is 11.9 Å². The number of nitrogens with one attached hydrogen (secondary N) is 1. The lowest BCUT2D eigenvalue weighted by atomic mass is 10.1. The summed E-state index contributed by atoms with van der Waals surface area (Å²) in [7, 11) is 3.51. The second-order valence-corrected chi connectivity index (χ2v) is 5.54. The molecule has 1 N–H and O–H groups in total. The Balaban J connectivity index is 2.23. The van der Waals surface area contributed by atoms with Crippen molar-refractivity contribution in [3.63, 3.8) is 0 Å². The number of aryl methyl sites for hydroxylation is 2. The number of anilines is 1. The number of furan rings is 1. The fraction of sp³-hybridized carbons (Fsp3) is 0.353. The molecule has 21 heavy (non-hydrogen) atoms. The summed E-state index contributed by atoms with van der Waals surface area (Å²) in [4.78, 5) is 13.6. The van der Waals surface area contributed by atoms with Crippen molar-refractivity contribution in [3.8, 4) is 0 Å². The molecule has 1 heterocycles. The van der Waals surface area contributed by atoms with Crippen molar-refractivity contribution in [2.75, 3.05) is 19.4 Å². The molecule has 2 rings (SSSR count). The number of hydrogen-bond acceptors (Lipinski definition) is 3. The first-order valence-corrected chi connectivity index (χ1v) is 7.03. The van der Waals surface area contributed by atoms with E-state index in [1.54, 1.807) is 19.0 Å². The molecular weight excluding hydrogens is 264 g/mol. The van der Waals surface area contributed by atoms with Crippen molar-refractivity contribution in [2.45, 2.75) is 26.8 Å². The first-order valence-electron chi connectivity index (χ1n) is 7.03. The van der Waals surface area contributed by atoms with Gasteiger partial charge in [-0.3, -0.25) is 4.79 Å². The molecule has 4 nitrogen and oxygen atoms in total. The first-order chi connectivity index (χ1) is 9.88. The smallest absolute Gasteiger partial charge is 0.253 e. The number of rotatable bonds is 4. The third-order valence-corrected chi connectivity index (χ3v) is 3.45. The van der Waals surface area contributed by atoms with Crippen molar-refractivity contribution in [1.82, 2.24) is 4.90 Å². The molecule has 0 radical (unpaired) electrons. The maximum atomic E-state index is 12.0. The van der Waals surface area contributed by atoms with Crippen LogP contribution < -0.4 is 5.32 Å². The van der Waals surface area contributed by atoms with E-state index < -0.39 is 0 Å². The molecule has 1 aromatic heterocycles. The zero-order valence-electron chi connectivity index (χ0n) is 13.2. The second-order valence-electron chi connectivity index (χ2n) is 5.54. The van der Waals surface area contributed by atoms with Crippen LogP contribution in [0.4, 0.5) is 5.69 Å². The molecule has 0 aliphatic rings. The molecule has 1 unspecified atom stereocenters. The molecule has 0 saturated carbocycles. The zero-order chi connectivity index (χ0) is 15.6. The maximum Gasteiger partial charge on any atom is 0.253 e. The minimum atomic E-state index is -0.000420. The Morgan fingerprint density at radius 3 is 2.48 bits per heavy atom. The van der Waals surface area contributed by atoms with Gasteiger partial charge in [0.25, 0.3) is 5.91 Å². The largest absolute Gasteiger partial charge is 0.464 e. The van der Waals surface area contributed by atoms with Gasteiger partial charge in [-0.2, -0.15) is 0 Å². The fourth-order valence-electron chi connectivity index (χ4n) is 2.16. The topological polar surface area (TPSA) is 45.5 Å². The van der Waals surface area contributed by atoms with E-state index >= 15 is 0 Å². The summed E-state index contributed by atoms with van der Waals surface area (Å²) in [5.41, 5.74) is 2.72. The molecule has 112 valence electrons. The van der Waals surface area contributed by atoms with Crippen LogP contribution in [0.5, 0.6) is 0 Å². The van der Waals surface area contributed by atoms with Gasteiger partial charge in [-0.25, -0.2) is 0 Å². The SMILES string of the molecule is Cc1ccc(C(C)Nc2cc(C(=O)N(C)C)ccc2C)o1. The highest BCUT2D eigenvalue weighted by molar-refractivity contribution is 5.95. The number of carbonyl (C=O) groups is 1. The van der Waals surface area contributed by atoms with Gasteiger partial charge < -0.3 is 14.6 Å². The van der Waals surface area contributed by atoms with Crippen LogP contribution in [0.15, 0.2) is 34.7 Å². The van der Waals surface area contributed by atoms with E-state index in [4.69, 9.17) is 4.42 Å². The predicted molar refractivity (Wildman–Crippen MR) is 84.7 cm³/mol. The van der Waals surface area contributed by atoms with Crippen LogP contribution in [0.25, 0.3) is 0 Å². The molecule has 0 fully saturated rings. The summed E-state index contributed by atoms with van der Waals surface area (Å²) in [5.74, 6) is 1.78. The van der Waals surface area contributed by atoms with Gasteiger partial charge in [-0.1, -0.05) is 6.07 Å². The Labute approximate surface area is 125 Å². The van der Waals surface area contributed by atoms with Crippen molar-refractivity contribution in [1.29, 1.82) is 0 Å². The minimum absolute atomic E-state index is 0.000420. The van der Waals surface area contributed by atoms with E-state index in [2.05, 4.69) is 5.32 Å². The Morgan fingerprint density at radius 2 is 1.90 bits per heavy atom. The summed E-state index contributed by atoms with van der Waals surface area (Å²) >= 11 is 0. The number of nitrogens with zero attached hydrogens (tertiary/aromatic N) is 1. The van der Waals surface area contributed by atoms with E-state index in [0.29, 0.717) is 5.56 Å². The van der Waals surface area contributed by atoms with E-state index in [1.165, 1.54) is 0 Å². The molecule has 4 heteroatoms. The highest BCUT2D eigenvalue weighted by Gasteiger charge is 2.13. The molecule has 0 aliphatic heterocycles.